The van der Waals surface area contributed by atoms with E-state index in [9.17, 15) is 13.2 Å². The lowest BCUT2D eigenvalue weighted by atomic mass is 10.0. The Hall–Kier alpha value is -1.78. The molecule has 0 radical (unpaired) electrons. The molecule has 2 aromatic heterocycles. The lowest BCUT2D eigenvalue weighted by molar-refractivity contribution is -0.123. The van der Waals surface area contributed by atoms with Crippen molar-refractivity contribution in [1.82, 2.24) is 19.1 Å². The first-order valence-corrected chi connectivity index (χ1v) is 10.7. The van der Waals surface area contributed by atoms with Crippen molar-refractivity contribution in [1.29, 1.82) is 0 Å². The summed E-state index contributed by atoms with van der Waals surface area (Å²) in [5, 5.41) is 6.80. The number of aryl methyl sites for hydroxylation is 2. The standard InChI is InChI=1S/C15H21N5O3S2/c1-11-17-12(10-24-11)9-20(25(3,22)23)13-5-4-8-19(15(13)21)14-6-7-16-18(14)2/h6-7,10,13H,4-5,8-9H2,1-3H3/t13-/m1/s1. The van der Waals surface area contributed by atoms with E-state index in [-0.39, 0.29) is 12.5 Å². The van der Waals surface area contributed by atoms with Crippen LogP contribution in [0, 0.1) is 6.92 Å². The Kier molecular flexibility index (Phi) is 4.94. The molecule has 8 nitrogen and oxygen atoms in total. The molecule has 0 aromatic carbocycles. The molecular weight excluding hydrogens is 362 g/mol. The maximum atomic E-state index is 13.0. The molecule has 2 aromatic rings. The van der Waals surface area contributed by atoms with Gasteiger partial charge in [-0.15, -0.1) is 11.3 Å². The third kappa shape index (κ3) is 3.75. The van der Waals surface area contributed by atoms with Gasteiger partial charge in [0.1, 0.15) is 11.9 Å². The molecule has 3 rings (SSSR count). The van der Waals surface area contributed by atoms with Crippen molar-refractivity contribution in [3.05, 3.63) is 28.3 Å². The zero-order chi connectivity index (χ0) is 18.2. The van der Waals surface area contributed by atoms with Crippen LogP contribution in [0.5, 0.6) is 0 Å². The highest BCUT2D eigenvalue weighted by Gasteiger charge is 2.39. The molecule has 0 N–H and O–H groups in total. The quantitative estimate of drug-likeness (QED) is 0.773. The van der Waals surface area contributed by atoms with Crippen molar-refractivity contribution in [2.45, 2.75) is 32.4 Å². The fraction of sp³-hybridized carbons (Fsp3) is 0.533. The molecule has 0 bridgehead atoms. The van der Waals surface area contributed by atoms with Gasteiger partial charge in [0, 0.05) is 25.0 Å². The third-order valence-electron chi connectivity index (χ3n) is 4.24. The Balaban J connectivity index is 1.90. The molecule has 0 spiro atoms. The summed E-state index contributed by atoms with van der Waals surface area (Å²) in [7, 11) is -1.80. The minimum absolute atomic E-state index is 0.110. The van der Waals surface area contributed by atoms with E-state index in [4.69, 9.17) is 0 Å². The number of rotatable bonds is 5. The van der Waals surface area contributed by atoms with Gasteiger partial charge in [-0.2, -0.15) is 9.40 Å². The second kappa shape index (κ2) is 6.85. The van der Waals surface area contributed by atoms with E-state index >= 15 is 0 Å². The van der Waals surface area contributed by atoms with Gasteiger partial charge >= 0.3 is 0 Å². The van der Waals surface area contributed by atoms with Crippen molar-refractivity contribution >= 4 is 33.1 Å². The van der Waals surface area contributed by atoms with Gasteiger partial charge in [0.25, 0.3) is 0 Å². The zero-order valence-electron chi connectivity index (χ0n) is 14.4. The van der Waals surface area contributed by atoms with Crippen molar-refractivity contribution in [3.63, 3.8) is 0 Å². The fourth-order valence-electron chi connectivity index (χ4n) is 3.08. The van der Waals surface area contributed by atoms with Crippen LogP contribution in [0.1, 0.15) is 23.5 Å². The van der Waals surface area contributed by atoms with Gasteiger partial charge < -0.3 is 0 Å². The second-order valence-electron chi connectivity index (χ2n) is 6.13. The first-order valence-electron chi connectivity index (χ1n) is 7.94. The SMILES string of the molecule is Cc1nc(CN([C@@H]2CCCN(c3ccnn3C)C2=O)S(C)(=O)=O)cs1. The Morgan fingerprint density at radius 3 is 2.76 bits per heavy atom. The monoisotopic (exact) mass is 383 g/mol. The number of carbonyl (C=O) groups excluding carboxylic acids is 1. The number of piperidine rings is 1. The molecule has 1 saturated heterocycles. The number of hydrogen-bond donors (Lipinski definition) is 0. The van der Waals surface area contributed by atoms with Crippen LogP contribution in [0.3, 0.4) is 0 Å². The molecule has 1 aliphatic rings. The molecule has 1 amide bonds. The van der Waals surface area contributed by atoms with Crippen LogP contribution in [0.15, 0.2) is 17.6 Å². The molecule has 1 fully saturated rings. The number of nitrogens with zero attached hydrogens (tertiary/aromatic N) is 5. The summed E-state index contributed by atoms with van der Waals surface area (Å²) in [6.45, 7) is 2.54. The predicted octanol–water partition coefficient (Wildman–Crippen LogP) is 1.14. The molecule has 1 atom stereocenters. The summed E-state index contributed by atoms with van der Waals surface area (Å²) >= 11 is 1.47. The number of aromatic nitrogens is 3. The zero-order valence-corrected chi connectivity index (χ0v) is 16.0. The van der Waals surface area contributed by atoms with E-state index in [1.54, 1.807) is 28.9 Å². The number of sulfonamides is 1. The number of thiazole rings is 1. The summed E-state index contributed by atoms with van der Waals surface area (Å²) in [6, 6.07) is 1.04. The first kappa shape index (κ1) is 18.0. The van der Waals surface area contributed by atoms with Crippen molar-refractivity contribution in [3.8, 4) is 0 Å². The van der Waals surface area contributed by atoms with Crippen LogP contribution in [-0.4, -0.2) is 52.2 Å². The summed E-state index contributed by atoms with van der Waals surface area (Å²) in [6.07, 6.45) is 3.99. The first-order chi connectivity index (χ1) is 11.8. The largest absolute Gasteiger partial charge is 0.296 e. The number of amides is 1. The normalized spacial score (nSPS) is 19.0. The van der Waals surface area contributed by atoms with Crippen molar-refractivity contribution in [2.24, 2.45) is 7.05 Å². The van der Waals surface area contributed by atoms with Gasteiger partial charge in [-0.25, -0.2) is 13.4 Å². The van der Waals surface area contributed by atoms with Crippen LogP contribution < -0.4 is 4.90 Å². The van der Waals surface area contributed by atoms with E-state index in [1.807, 2.05) is 12.3 Å². The molecule has 3 heterocycles. The maximum Gasteiger partial charge on any atom is 0.246 e. The van der Waals surface area contributed by atoms with E-state index in [1.165, 1.54) is 15.6 Å². The molecular formula is C15H21N5O3S2. The number of carbonyl (C=O) groups is 1. The minimum Gasteiger partial charge on any atom is -0.296 e. The average molecular weight is 383 g/mol. The lowest BCUT2D eigenvalue weighted by Crippen LogP contribution is -2.54. The van der Waals surface area contributed by atoms with Crippen LogP contribution in [0.25, 0.3) is 0 Å². The minimum atomic E-state index is -3.56. The lowest BCUT2D eigenvalue weighted by Gasteiger charge is -2.36. The summed E-state index contributed by atoms with van der Waals surface area (Å²) in [5.41, 5.74) is 0.665. The van der Waals surface area contributed by atoms with E-state index in [2.05, 4.69) is 10.1 Å². The summed E-state index contributed by atoms with van der Waals surface area (Å²) in [4.78, 5) is 19.0. The van der Waals surface area contributed by atoms with Crippen LogP contribution in [-0.2, 0) is 28.4 Å². The van der Waals surface area contributed by atoms with Crippen LogP contribution in [0.4, 0.5) is 5.82 Å². The smallest absolute Gasteiger partial charge is 0.246 e. The van der Waals surface area contributed by atoms with Crippen LogP contribution >= 0.6 is 11.3 Å². The van der Waals surface area contributed by atoms with Gasteiger partial charge in [-0.1, -0.05) is 0 Å². The highest BCUT2D eigenvalue weighted by Crippen LogP contribution is 2.26. The van der Waals surface area contributed by atoms with Gasteiger partial charge in [-0.05, 0) is 19.8 Å². The van der Waals surface area contributed by atoms with Gasteiger partial charge in [0.05, 0.1) is 29.7 Å². The molecule has 0 saturated carbocycles. The van der Waals surface area contributed by atoms with Gasteiger partial charge in [-0.3, -0.25) is 14.4 Å². The number of hydrogen-bond acceptors (Lipinski definition) is 6. The Bertz CT molecular complexity index is 873. The molecule has 0 aliphatic carbocycles. The van der Waals surface area contributed by atoms with E-state index in [0.29, 0.717) is 24.5 Å². The Morgan fingerprint density at radius 2 is 2.20 bits per heavy atom. The topological polar surface area (TPSA) is 88.4 Å². The molecule has 10 heteroatoms. The molecule has 136 valence electrons. The average Bonchev–Trinajstić information content (AvgIpc) is 3.13. The summed E-state index contributed by atoms with van der Waals surface area (Å²) < 4.78 is 27.6. The van der Waals surface area contributed by atoms with Gasteiger partial charge in [0.15, 0.2) is 0 Å². The maximum absolute atomic E-state index is 13.0. The van der Waals surface area contributed by atoms with Crippen molar-refractivity contribution < 1.29 is 13.2 Å². The second-order valence-corrected chi connectivity index (χ2v) is 9.12. The Morgan fingerprint density at radius 1 is 1.44 bits per heavy atom. The predicted molar refractivity (Wildman–Crippen MR) is 95.8 cm³/mol. The van der Waals surface area contributed by atoms with E-state index in [0.717, 1.165) is 17.7 Å². The molecule has 1 aliphatic heterocycles. The highest BCUT2D eigenvalue weighted by molar-refractivity contribution is 7.88. The fourth-order valence-corrected chi connectivity index (χ4v) is 4.71. The molecule has 25 heavy (non-hydrogen) atoms. The van der Waals surface area contributed by atoms with Crippen molar-refractivity contribution in [2.75, 3.05) is 17.7 Å². The number of anilines is 1. The van der Waals surface area contributed by atoms with Crippen LogP contribution in [0.2, 0.25) is 0 Å². The Labute approximate surface area is 151 Å². The summed E-state index contributed by atoms with van der Waals surface area (Å²) in [5.74, 6) is 0.458. The van der Waals surface area contributed by atoms with E-state index < -0.39 is 16.1 Å². The molecule has 0 unspecified atom stereocenters. The van der Waals surface area contributed by atoms with Gasteiger partial charge in [0.2, 0.25) is 15.9 Å². The third-order valence-corrected chi connectivity index (χ3v) is 6.30. The highest BCUT2D eigenvalue weighted by atomic mass is 32.2.